The van der Waals surface area contributed by atoms with Gasteiger partial charge in [-0.3, -0.25) is 0 Å². The van der Waals surface area contributed by atoms with Crippen LogP contribution in [0.4, 0.5) is 5.69 Å². The molecule has 1 aliphatic carbocycles. The average molecular weight is 339 g/mol. The van der Waals surface area contributed by atoms with Crippen molar-refractivity contribution in [2.24, 2.45) is 11.7 Å². The summed E-state index contributed by atoms with van der Waals surface area (Å²) in [7, 11) is 2.23. The van der Waals surface area contributed by atoms with Crippen LogP contribution < -0.4 is 10.6 Å². The molecule has 0 saturated heterocycles. The molecule has 1 aromatic carbocycles. The minimum Gasteiger partial charge on any atom is -0.371 e. The third-order valence-electron chi connectivity index (χ3n) is 4.48. The van der Waals surface area contributed by atoms with Crippen molar-refractivity contribution >= 4 is 21.6 Å². The Hall–Kier alpha value is -0.540. The summed E-state index contributed by atoms with van der Waals surface area (Å²) in [5.41, 5.74) is 8.49. The van der Waals surface area contributed by atoms with E-state index >= 15 is 0 Å². The fourth-order valence-electron chi connectivity index (χ4n) is 3.16. The molecule has 0 radical (unpaired) electrons. The average Bonchev–Trinajstić information content (AvgIpc) is 2.38. The van der Waals surface area contributed by atoms with E-state index in [1.54, 1.807) is 0 Å². The van der Waals surface area contributed by atoms with Gasteiger partial charge in [-0.15, -0.1) is 0 Å². The molecule has 3 heteroatoms. The minimum atomic E-state index is 0.213. The molecular formula is C17H27BrN2. The second-order valence-corrected chi connectivity index (χ2v) is 7.35. The SMILES string of the molecule is CC(N)Cc1ccc(N(C)C2CCC(C)CC2)c(Br)c1. The number of benzene rings is 1. The Balaban J connectivity index is 2.08. The Labute approximate surface area is 131 Å². The van der Waals surface area contributed by atoms with Gasteiger partial charge >= 0.3 is 0 Å². The monoisotopic (exact) mass is 338 g/mol. The first kappa shape index (κ1) is 15.8. The van der Waals surface area contributed by atoms with Crippen molar-refractivity contribution in [1.82, 2.24) is 0 Å². The van der Waals surface area contributed by atoms with Crippen molar-refractivity contribution in [1.29, 1.82) is 0 Å². The highest BCUT2D eigenvalue weighted by atomic mass is 79.9. The van der Waals surface area contributed by atoms with Crippen LogP contribution in [0, 0.1) is 5.92 Å². The molecule has 1 saturated carbocycles. The largest absolute Gasteiger partial charge is 0.371 e. The van der Waals surface area contributed by atoms with Crippen LogP contribution in [0.3, 0.4) is 0 Å². The van der Waals surface area contributed by atoms with E-state index in [1.807, 2.05) is 0 Å². The van der Waals surface area contributed by atoms with Crippen molar-refractivity contribution in [2.45, 2.75) is 58.0 Å². The molecule has 1 atom stereocenters. The van der Waals surface area contributed by atoms with Crippen molar-refractivity contribution < 1.29 is 0 Å². The van der Waals surface area contributed by atoms with Gasteiger partial charge in [0.1, 0.15) is 0 Å². The quantitative estimate of drug-likeness (QED) is 0.883. The van der Waals surface area contributed by atoms with Crippen molar-refractivity contribution in [2.75, 3.05) is 11.9 Å². The van der Waals surface area contributed by atoms with Gasteiger partial charge in [0, 0.05) is 23.6 Å². The lowest BCUT2D eigenvalue weighted by molar-refractivity contribution is 0.340. The van der Waals surface area contributed by atoms with Crippen LogP contribution >= 0.6 is 15.9 Å². The number of anilines is 1. The van der Waals surface area contributed by atoms with Gasteiger partial charge in [0.2, 0.25) is 0 Å². The predicted molar refractivity (Wildman–Crippen MR) is 91.3 cm³/mol. The summed E-state index contributed by atoms with van der Waals surface area (Å²) in [6.07, 6.45) is 6.27. The number of halogens is 1. The first-order chi connectivity index (χ1) is 9.47. The van der Waals surface area contributed by atoms with E-state index in [9.17, 15) is 0 Å². The lowest BCUT2D eigenvalue weighted by atomic mass is 9.86. The third kappa shape index (κ3) is 3.98. The predicted octanol–water partition coefficient (Wildman–Crippen LogP) is 4.35. The van der Waals surface area contributed by atoms with Gasteiger partial charge in [-0.25, -0.2) is 0 Å². The van der Waals surface area contributed by atoms with Gasteiger partial charge in [0.25, 0.3) is 0 Å². The zero-order valence-electron chi connectivity index (χ0n) is 12.9. The molecule has 1 unspecified atom stereocenters. The van der Waals surface area contributed by atoms with Crippen LogP contribution in [0.25, 0.3) is 0 Å². The van der Waals surface area contributed by atoms with E-state index in [4.69, 9.17) is 5.73 Å². The summed E-state index contributed by atoms with van der Waals surface area (Å²) in [4.78, 5) is 2.45. The Kier molecular flexibility index (Phi) is 5.50. The number of nitrogens with two attached hydrogens (primary N) is 1. The summed E-state index contributed by atoms with van der Waals surface area (Å²) < 4.78 is 1.19. The molecule has 0 spiro atoms. The van der Waals surface area contributed by atoms with Gasteiger partial charge < -0.3 is 10.6 Å². The fourth-order valence-corrected chi connectivity index (χ4v) is 3.87. The zero-order valence-corrected chi connectivity index (χ0v) is 14.5. The summed E-state index contributed by atoms with van der Waals surface area (Å²) in [6.45, 7) is 4.42. The van der Waals surface area contributed by atoms with Crippen LogP contribution in [-0.2, 0) is 6.42 Å². The van der Waals surface area contributed by atoms with Crippen molar-refractivity contribution in [3.05, 3.63) is 28.2 Å². The Morgan fingerprint density at radius 2 is 1.95 bits per heavy atom. The molecule has 2 rings (SSSR count). The number of hydrogen-bond donors (Lipinski definition) is 1. The second-order valence-electron chi connectivity index (χ2n) is 6.49. The number of hydrogen-bond acceptors (Lipinski definition) is 2. The summed E-state index contributed by atoms with van der Waals surface area (Å²) in [5.74, 6) is 0.900. The molecule has 2 N–H and O–H groups in total. The molecule has 1 aliphatic rings. The smallest absolute Gasteiger partial charge is 0.0510 e. The second kappa shape index (κ2) is 6.95. The van der Waals surface area contributed by atoms with Gasteiger partial charge in [0.15, 0.2) is 0 Å². The van der Waals surface area contributed by atoms with Gasteiger partial charge in [-0.05, 0) is 78.6 Å². The minimum absolute atomic E-state index is 0.213. The number of rotatable bonds is 4. The fraction of sp³-hybridized carbons (Fsp3) is 0.647. The Bertz CT molecular complexity index is 437. The van der Waals surface area contributed by atoms with Crippen LogP contribution in [0.1, 0.15) is 45.1 Å². The summed E-state index contributed by atoms with van der Waals surface area (Å²) in [5, 5.41) is 0. The van der Waals surface area contributed by atoms with Crippen LogP contribution in [0.2, 0.25) is 0 Å². The number of nitrogens with zero attached hydrogens (tertiary/aromatic N) is 1. The molecule has 0 aliphatic heterocycles. The highest BCUT2D eigenvalue weighted by molar-refractivity contribution is 9.10. The van der Waals surface area contributed by atoms with E-state index in [0.29, 0.717) is 6.04 Å². The summed E-state index contributed by atoms with van der Waals surface area (Å²) >= 11 is 3.73. The van der Waals surface area contributed by atoms with E-state index in [2.05, 4.69) is 59.9 Å². The molecule has 0 bridgehead atoms. The lowest BCUT2D eigenvalue weighted by Gasteiger charge is -2.35. The molecule has 0 heterocycles. The standard InChI is InChI=1S/C17H27BrN2/c1-12-4-7-15(8-5-12)20(3)17-9-6-14(10-13(2)19)11-16(17)18/h6,9,11-13,15H,4-5,7-8,10,19H2,1-3H3. The van der Waals surface area contributed by atoms with Crippen molar-refractivity contribution in [3.63, 3.8) is 0 Å². The summed E-state index contributed by atoms with van der Waals surface area (Å²) in [6, 6.07) is 7.57. The molecular weight excluding hydrogens is 312 g/mol. The molecule has 2 nitrogen and oxygen atoms in total. The van der Waals surface area contributed by atoms with Crippen LogP contribution in [0.15, 0.2) is 22.7 Å². The van der Waals surface area contributed by atoms with Crippen LogP contribution in [0.5, 0.6) is 0 Å². The van der Waals surface area contributed by atoms with E-state index < -0.39 is 0 Å². The normalized spacial score (nSPS) is 24.4. The van der Waals surface area contributed by atoms with Gasteiger partial charge in [-0.1, -0.05) is 13.0 Å². The maximum atomic E-state index is 5.88. The zero-order chi connectivity index (χ0) is 14.7. The van der Waals surface area contributed by atoms with Crippen LogP contribution in [-0.4, -0.2) is 19.1 Å². The van der Waals surface area contributed by atoms with E-state index in [-0.39, 0.29) is 6.04 Å². The van der Waals surface area contributed by atoms with Gasteiger partial charge in [0.05, 0.1) is 5.69 Å². The highest BCUT2D eigenvalue weighted by Gasteiger charge is 2.23. The van der Waals surface area contributed by atoms with Crippen molar-refractivity contribution in [3.8, 4) is 0 Å². The van der Waals surface area contributed by atoms with E-state index in [0.717, 1.165) is 12.3 Å². The topological polar surface area (TPSA) is 29.3 Å². The lowest BCUT2D eigenvalue weighted by Crippen LogP contribution is -2.35. The maximum Gasteiger partial charge on any atom is 0.0510 e. The van der Waals surface area contributed by atoms with Gasteiger partial charge in [-0.2, -0.15) is 0 Å². The third-order valence-corrected chi connectivity index (χ3v) is 5.12. The molecule has 112 valence electrons. The molecule has 0 amide bonds. The molecule has 1 fully saturated rings. The first-order valence-electron chi connectivity index (χ1n) is 7.74. The maximum absolute atomic E-state index is 5.88. The molecule has 20 heavy (non-hydrogen) atoms. The first-order valence-corrected chi connectivity index (χ1v) is 8.53. The van der Waals surface area contributed by atoms with E-state index in [1.165, 1.54) is 41.4 Å². The molecule has 0 aromatic heterocycles. The Morgan fingerprint density at radius 1 is 1.30 bits per heavy atom. The highest BCUT2D eigenvalue weighted by Crippen LogP contribution is 2.33. The Morgan fingerprint density at radius 3 is 2.50 bits per heavy atom. The molecule has 1 aromatic rings.